The number of anilines is 1. The molecule has 0 aromatic heterocycles. The highest BCUT2D eigenvalue weighted by Crippen LogP contribution is 2.31. The van der Waals surface area contributed by atoms with Crippen molar-refractivity contribution in [3.05, 3.63) is 59.1 Å². The average molecular weight is 451 g/mol. The minimum Gasteiger partial charge on any atom is -0.481 e. The molecule has 160 valence electrons. The van der Waals surface area contributed by atoms with Crippen LogP contribution >= 0.6 is 11.6 Å². The molecule has 1 atom stereocenters. The lowest BCUT2D eigenvalue weighted by Crippen LogP contribution is -2.36. The van der Waals surface area contributed by atoms with Gasteiger partial charge in [-0.2, -0.15) is 4.31 Å². The molecule has 3 rings (SSSR count). The molecule has 9 heteroatoms. The summed E-state index contributed by atoms with van der Waals surface area (Å²) in [7, 11) is -3.68. The predicted molar refractivity (Wildman–Crippen MR) is 114 cm³/mol. The second kappa shape index (κ2) is 8.75. The number of hydrogen-bond acceptors (Lipinski definition) is 4. The van der Waals surface area contributed by atoms with Crippen molar-refractivity contribution >= 4 is 39.2 Å². The van der Waals surface area contributed by atoms with Crippen LogP contribution in [0.2, 0.25) is 5.02 Å². The predicted octanol–water partition coefficient (Wildman–Crippen LogP) is 3.50. The van der Waals surface area contributed by atoms with Gasteiger partial charge in [0.2, 0.25) is 15.9 Å². The lowest BCUT2D eigenvalue weighted by Gasteiger charge is -2.25. The number of benzene rings is 2. The Hall–Kier alpha value is -2.42. The number of halogens is 1. The number of carboxylic acid groups (broad SMARTS) is 1. The number of carboxylic acids is 1. The van der Waals surface area contributed by atoms with Gasteiger partial charge in [0.1, 0.15) is 0 Å². The van der Waals surface area contributed by atoms with Gasteiger partial charge in [-0.3, -0.25) is 9.59 Å². The zero-order valence-corrected chi connectivity index (χ0v) is 18.0. The molecule has 2 N–H and O–H groups in total. The Morgan fingerprint density at radius 2 is 1.77 bits per heavy atom. The fraction of sp³-hybridized carbons (Fsp3) is 0.333. The summed E-state index contributed by atoms with van der Waals surface area (Å²) < 4.78 is 27.0. The first-order valence-corrected chi connectivity index (χ1v) is 11.3. The molecular formula is C21H23ClN2O5S. The molecular weight excluding hydrogens is 428 g/mol. The lowest BCUT2D eigenvalue weighted by molar-refractivity contribution is -0.145. The van der Waals surface area contributed by atoms with Gasteiger partial charge in [0, 0.05) is 19.5 Å². The fourth-order valence-corrected chi connectivity index (χ4v) is 5.17. The van der Waals surface area contributed by atoms with Crippen LogP contribution in [0, 0.1) is 0 Å². The van der Waals surface area contributed by atoms with Crippen molar-refractivity contribution in [1.82, 2.24) is 4.31 Å². The third-order valence-corrected chi connectivity index (χ3v) is 7.54. The van der Waals surface area contributed by atoms with Gasteiger partial charge in [0.05, 0.1) is 21.0 Å². The third-order valence-electron chi connectivity index (χ3n) is 5.31. The first-order valence-electron chi connectivity index (χ1n) is 9.53. The molecule has 2 aromatic carbocycles. The van der Waals surface area contributed by atoms with E-state index in [0.717, 1.165) is 12.8 Å². The van der Waals surface area contributed by atoms with E-state index in [-0.39, 0.29) is 22.0 Å². The van der Waals surface area contributed by atoms with Crippen molar-refractivity contribution in [1.29, 1.82) is 0 Å². The monoisotopic (exact) mass is 450 g/mol. The summed E-state index contributed by atoms with van der Waals surface area (Å²) in [6.07, 6.45) is 1.28. The summed E-state index contributed by atoms with van der Waals surface area (Å²) in [5, 5.41) is 12.5. The second-order valence-corrected chi connectivity index (χ2v) is 9.83. The van der Waals surface area contributed by atoms with Gasteiger partial charge in [0.25, 0.3) is 0 Å². The molecule has 7 nitrogen and oxygen atoms in total. The average Bonchev–Trinajstić information content (AvgIpc) is 3.25. The Labute approximate surface area is 180 Å². The maximum atomic E-state index is 12.8. The largest absolute Gasteiger partial charge is 0.481 e. The Kier molecular flexibility index (Phi) is 6.50. The van der Waals surface area contributed by atoms with Gasteiger partial charge < -0.3 is 10.4 Å². The maximum Gasteiger partial charge on any atom is 0.314 e. The molecule has 0 spiro atoms. The number of nitrogens with one attached hydrogen (secondary N) is 1. The van der Waals surface area contributed by atoms with Crippen molar-refractivity contribution in [3.63, 3.8) is 0 Å². The van der Waals surface area contributed by atoms with E-state index in [2.05, 4.69) is 5.32 Å². The molecule has 0 bridgehead atoms. The zero-order chi connectivity index (χ0) is 21.9. The van der Waals surface area contributed by atoms with Gasteiger partial charge >= 0.3 is 5.97 Å². The van der Waals surface area contributed by atoms with Crippen LogP contribution in [-0.4, -0.2) is 42.8 Å². The Morgan fingerprint density at radius 1 is 1.13 bits per heavy atom. The molecule has 0 saturated carbocycles. The molecule has 1 saturated heterocycles. The number of sulfonamides is 1. The molecule has 0 unspecified atom stereocenters. The Bertz CT molecular complexity index is 1050. The summed E-state index contributed by atoms with van der Waals surface area (Å²) in [6, 6.07) is 12.6. The highest BCUT2D eigenvalue weighted by molar-refractivity contribution is 7.89. The van der Waals surface area contributed by atoms with Crippen LogP contribution in [0.4, 0.5) is 5.69 Å². The normalized spacial score (nSPS) is 16.7. The molecule has 1 fully saturated rings. The van der Waals surface area contributed by atoms with Crippen LogP contribution in [0.5, 0.6) is 0 Å². The first kappa shape index (κ1) is 22.3. The molecule has 1 aliphatic rings. The van der Waals surface area contributed by atoms with E-state index >= 15 is 0 Å². The highest BCUT2D eigenvalue weighted by atomic mass is 35.5. The van der Waals surface area contributed by atoms with E-state index in [9.17, 15) is 23.1 Å². The fourth-order valence-electron chi connectivity index (χ4n) is 3.46. The number of nitrogens with zero attached hydrogens (tertiary/aromatic N) is 1. The Balaban J connectivity index is 1.83. The van der Waals surface area contributed by atoms with Gasteiger partial charge in [-0.15, -0.1) is 0 Å². The summed E-state index contributed by atoms with van der Waals surface area (Å²) in [5.74, 6) is -1.72. The summed E-state index contributed by atoms with van der Waals surface area (Å²) in [5.41, 5.74) is -0.830. The standard InChI is InChI=1S/C21H23ClN2O5S/c1-21(20(26)27,15-7-3-2-4-8-15)14-19(25)23-18-13-16(9-10-17(18)22)30(28,29)24-11-5-6-12-24/h2-4,7-10,13H,5-6,11-12,14H2,1H3,(H,23,25)(H,26,27)/t21-/m0/s1. The lowest BCUT2D eigenvalue weighted by atomic mass is 9.79. The van der Waals surface area contributed by atoms with Gasteiger partial charge in [-0.25, -0.2) is 8.42 Å². The zero-order valence-electron chi connectivity index (χ0n) is 16.5. The van der Waals surface area contributed by atoms with Crippen LogP contribution < -0.4 is 5.32 Å². The van der Waals surface area contributed by atoms with Crippen LogP contribution in [0.1, 0.15) is 31.7 Å². The molecule has 2 aromatic rings. The number of amides is 1. The van der Waals surface area contributed by atoms with Crippen molar-refractivity contribution in [3.8, 4) is 0 Å². The SMILES string of the molecule is C[C@@](CC(=O)Nc1cc(S(=O)(=O)N2CCCC2)ccc1Cl)(C(=O)O)c1ccccc1. The van der Waals surface area contributed by atoms with Gasteiger partial charge in [-0.1, -0.05) is 41.9 Å². The minimum absolute atomic E-state index is 0.0353. The number of aliphatic carboxylic acids is 1. The highest BCUT2D eigenvalue weighted by Gasteiger charge is 2.37. The third kappa shape index (κ3) is 4.50. The first-order chi connectivity index (χ1) is 14.1. The molecule has 1 aliphatic heterocycles. The van der Waals surface area contributed by atoms with Gasteiger partial charge in [-0.05, 0) is 43.5 Å². The van der Waals surface area contributed by atoms with E-state index in [1.54, 1.807) is 30.3 Å². The van der Waals surface area contributed by atoms with E-state index in [0.29, 0.717) is 18.7 Å². The Morgan fingerprint density at radius 3 is 2.37 bits per heavy atom. The van der Waals surface area contributed by atoms with Crippen molar-refractivity contribution < 1.29 is 23.1 Å². The van der Waals surface area contributed by atoms with Crippen LogP contribution in [0.25, 0.3) is 0 Å². The molecule has 1 amide bonds. The van der Waals surface area contributed by atoms with Crippen molar-refractivity contribution in [2.45, 2.75) is 36.5 Å². The number of carbonyl (C=O) groups is 2. The quantitative estimate of drug-likeness (QED) is 0.671. The van der Waals surface area contributed by atoms with Crippen LogP contribution in [0.3, 0.4) is 0 Å². The summed E-state index contributed by atoms with van der Waals surface area (Å²) >= 11 is 6.16. The van der Waals surface area contributed by atoms with Crippen molar-refractivity contribution in [2.24, 2.45) is 0 Å². The van der Waals surface area contributed by atoms with E-state index < -0.39 is 27.3 Å². The smallest absolute Gasteiger partial charge is 0.314 e. The van der Waals surface area contributed by atoms with E-state index in [1.165, 1.54) is 29.4 Å². The number of rotatable bonds is 7. The van der Waals surface area contributed by atoms with Crippen LogP contribution in [0.15, 0.2) is 53.4 Å². The van der Waals surface area contributed by atoms with Crippen LogP contribution in [-0.2, 0) is 25.0 Å². The van der Waals surface area contributed by atoms with Gasteiger partial charge in [0.15, 0.2) is 0 Å². The number of hydrogen-bond donors (Lipinski definition) is 2. The minimum atomic E-state index is -3.68. The topological polar surface area (TPSA) is 104 Å². The molecule has 0 aliphatic carbocycles. The van der Waals surface area contributed by atoms with E-state index in [4.69, 9.17) is 11.6 Å². The number of carbonyl (C=O) groups excluding carboxylic acids is 1. The summed E-state index contributed by atoms with van der Waals surface area (Å²) in [6.45, 7) is 2.39. The van der Waals surface area contributed by atoms with Crippen molar-refractivity contribution in [2.75, 3.05) is 18.4 Å². The molecule has 30 heavy (non-hydrogen) atoms. The second-order valence-electron chi connectivity index (χ2n) is 7.48. The van der Waals surface area contributed by atoms with E-state index in [1.807, 2.05) is 0 Å². The maximum absolute atomic E-state index is 12.8. The summed E-state index contributed by atoms with van der Waals surface area (Å²) in [4.78, 5) is 24.6. The molecule has 1 heterocycles. The molecule has 0 radical (unpaired) electrons.